The zero-order valence-electron chi connectivity index (χ0n) is 38.2. The maximum Gasteiger partial charge on any atom is 0.163 e. The first kappa shape index (κ1) is 51.3. The van der Waals surface area contributed by atoms with E-state index in [9.17, 15) is 10.2 Å². The van der Waals surface area contributed by atoms with Crippen LogP contribution < -0.4 is 11.1 Å². The van der Waals surface area contributed by atoms with E-state index >= 15 is 0 Å². The molecule has 1 aliphatic rings. The van der Waals surface area contributed by atoms with Crippen molar-refractivity contribution in [2.45, 2.75) is 178 Å². The van der Waals surface area contributed by atoms with E-state index in [1.165, 1.54) is 57.8 Å². The summed E-state index contributed by atoms with van der Waals surface area (Å²) in [6.07, 6.45) is 11.3. The number of nitrogens with two attached hydrogens (primary N) is 1. The lowest BCUT2D eigenvalue weighted by molar-refractivity contribution is -0.274. The van der Waals surface area contributed by atoms with Gasteiger partial charge in [-0.1, -0.05) is 205 Å². The van der Waals surface area contributed by atoms with Crippen LogP contribution in [0.3, 0.4) is 0 Å². The summed E-state index contributed by atoms with van der Waals surface area (Å²) in [5, 5.41) is 26.1. The average Bonchev–Trinajstić information content (AvgIpc) is 3.32. The average molecular weight is 897 g/mol. The highest BCUT2D eigenvalue weighted by atomic mass is 32.1. The van der Waals surface area contributed by atoms with Gasteiger partial charge in [-0.15, -0.1) is 0 Å². The standard InChI is InChI=1S/C54H76N2O7S/c1-2-3-4-5-6-7-8-9-10-11-12-25-34-47(57)50(58)46(56-54(55)64)35-36-48-51(60-38-43-28-19-14-20-29-43)53(62-40-45-32-23-16-24-33-45)52(61-39-44-30-21-15-22-31-44)49(63-48)41-59-37-42-26-17-13-18-27-42/h13-24,26-33,46-53,57-58H,2-12,25,34-41H2,1H3,(H3,55,56,64)/t46-,47-,48+,49+,50-,51-,52-,53+/m0/s1. The van der Waals surface area contributed by atoms with Crippen LogP contribution in [0, 0.1) is 0 Å². The molecule has 0 spiro atoms. The Kier molecular flexibility index (Phi) is 24.4. The van der Waals surface area contributed by atoms with Crippen molar-refractivity contribution in [2.24, 2.45) is 5.73 Å². The summed E-state index contributed by atoms with van der Waals surface area (Å²) in [6, 6.07) is 39.7. The molecule has 1 aliphatic heterocycles. The minimum absolute atomic E-state index is 0.0636. The molecule has 4 aromatic rings. The first-order chi connectivity index (χ1) is 31.4. The molecule has 1 fully saturated rings. The smallest absolute Gasteiger partial charge is 0.163 e. The quantitative estimate of drug-likeness (QED) is 0.0278. The Balaban J connectivity index is 1.31. The van der Waals surface area contributed by atoms with Gasteiger partial charge in [0, 0.05) is 0 Å². The van der Waals surface area contributed by atoms with E-state index in [0.29, 0.717) is 45.7 Å². The summed E-state index contributed by atoms with van der Waals surface area (Å²) >= 11 is 5.32. The van der Waals surface area contributed by atoms with Gasteiger partial charge < -0.3 is 44.9 Å². The van der Waals surface area contributed by atoms with Crippen LogP contribution >= 0.6 is 12.2 Å². The largest absolute Gasteiger partial charge is 0.390 e. The van der Waals surface area contributed by atoms with Crippen LogP contribution in [0.5, 0.6) is 0 Å². The molecular weight excluding hydrogens is 821 g/mol. The van der Waals surface area contributed by atoms with E-state index < -0.39 is 48.8 Å². The van der Waals surface area contributed by atoms with Crippen LogP contribution in [0.1, 0.15) is 125 Å². The minimum atomic E-state index is -1.10. The second-order valence-electron chi connectivity index (χ2n) is 17.4. The lowest BCUT2D eigenvalue weighted by atomic mass is 9.89. The molecule has 0 saturated carbocycles. The molecular formula is C54H76N2O7S. The molecule has 5 rings (SSSR count). The summed E-state index contributed by atoms with van der Waals surface area (Å²) < 4.78 is 34.1. The monoisotopic (exact) mass is 897 g/mol. The topological polar surface area (TPSA) is 125 Å². The second kappa shape index (κ2) is 30.5. The summed E-state index contributed by atoms with van der Waals surface area (Å²) in [5.74, 6) is 0. The number of aliphatic hydroxyl groups is 2. The number of nitrogens with one attached hydrogen (secondary N) is 1. The third kappa shape index (κ3) is 19.0. The molecule has 1 heterocycles. The molecule has 0 radical (unpaired) electrons. The van der Waals surface area contributed by atoms with Crippen molar-refractivity contribution in [1.29, 1.82) is 0 Å². The third-order valence-corrected chi connectivity index (χ3v) is 12.3. The van der Waals surface area contributed by atoms with Crippen molar-refractivity contribution in [3.8, 4) is 0 Å². The van der Waals surface area contributed by atoms with Gasteiger partial charge in [0.1, 0.15) is 24.4 Å². The highest BCUT2D eigenvalue weighted by Crippen LogP contribution is 2.33. The first-order valence-electron chi connectivity index (χ1n) is 24.1. The predicted octanol–water partition coefficient (Wildman–Crippen LogP) is 10.5. The predicted molar refractivity (Wildman–Crippen MR) is 260 cm³/mol. The molecule has 0 amide bonds. The van der Waals surface area contributed by atoms with Crippen molar-refractivity contribution in [3.63, 3.8) is 0 Å². The van der Waals surface area contributed by atoms with E-state index in [0.717, 1.165) is 41.5 Å². The fourth-order valence-electron chi connectivity index (χ4n) is 8.61. The van der Waals surface area contributed by atoms with Gasteiger partial charge in [0.2, 0.25) is 0 Å². The fraction of sp³-hybridized carbons (Fsp3) is 0.537. The normalized spacial score (nSPS) is 20.1. The van der Waals surface area contributed by atoms with Crippen molar-refractivity contribution in [3.05, 3.63) is 144 Å². The lowest BCUT2D eigenvalue weighted by Crippen LogP contribution is -2.61. The van der Waals surface area contributed by atoms with Gasteiger partial charge in [-0.05, 0) is 53.7 Å². The van der Waals surface area contributed by atoms with Crippen LogP contribution in [0.15, 0.2) is 121 Å². The van der Waals surface area contributed by atoms with E-state index in [4.69, 9.17) is 41.6 Å². The molecule has 0 unspecified atom stereocenters. The Morgan fingerprint density at radius 1 is 0.562 bits per heavy atom. The number of hydrogen-bond acceptors (Lipinski definition) is 8. The van der Waals surface area contributed by atoms with Gasteiger partial charge >= 0.3 is 0 Å². The summed E-state index contributed by atoms with van der Waals surface area (Å²) in [7, 11) is 0. The van der Waals surface area contributed by atoms with E-state index in [-0.39, 0.29) is 11.7 Å². The molecule has 5 N–H and O–H groups in total. The Hall–Kier alpha value is -3.71. The number of aliphatic hydroxyl groups excluding tert-OH is 2. The number of thiocarbonyl (C=S) groups is 1. The maximum absolute atomic E-state index is 11.6. The van der Waals surface area contributed by atoms with E-state index in [1.807, 2.05) is 121 Å². The molecule has 0 aromatic heterocycles. The van der Waals surface area contributed by atoms with Gasteiger partial charge in [0.25, 0.3) is 0 Å². The zero-order valence-corrected chi connectivity index (χ0v) is 39.0. The summed E-state index contributed by atoms with van der Waals surface area (Å²) in [4.78, 5) is 0. The first-order valence-corrected chi connectivity index (χ1v) is 24.5. The van der Waals surface area contributed by atoms with E-state index in [1.54, 1.807) is 0 Å². The zero-order chi connectivity index (χ0) is 45.0. The summed E-state index contributed by atoms with van der Waals surface area (Å²) in [5.41, 5.74) is 10.2. The van der Waals surface area contributed by atoms with Crippen LogP contribution in [0.2, 0.25) is 0 Å². The molecule has 10 heteroatoms. The van der Waals surface area contributed by atoms with E-state index in [2.05, 4.69) is 12.2 Å². The van der Waals surface area contributed by atoms with Gasteiger partial charge in [-0.3, -0.25) is 0 Å². The van der Waals surface area contributed by atoms with Crippen LogP contribution in [0.25, 0.3) is 0 Å². The number of ether oxygens (including phenoxy) is 5. The number of unbranched alkanes of at least 4 members (excludes halogenated alkanes) is 11. The molecule has 350 valence electrons. The van der Waals surface area contributed by atoms with Gasteiger partial charge in [-0.25, -0.2) is 0 Å². The Labute approximate surface area is 389 Å². The Bertz CT molecular complexity index is 1780. The molecule has 0 bridgehead atoms. The second-order valence-corrected chi connectivity index (χ2v) is 17.9. The van der Waals surface area contributed by atoms with Crippen molar-refractivity contribution in [2.75, 3.05) is 6.61 Å². The Morgan fingerprint density at radius 2 is 0.969 bits per heavy atom. The van der Waals surface area contributed by atoms with Crippen molar-refractivity contribution >= 4 is 17.3 Å². The number of benzene rings is 4. The van der Waals surface area contributed by atoms with Crippen LogP contribution in [-0.4, -0.2) is 70.7 Å². The van der Waals surface area contributed by atoms with Gasteiger partial charge in [0.05, 0.1) is 57.4 Å². The van der Waals surface area contributed by atoms with Crippen molar-refractivity contribution < 1.29 is 33.9 Å². The van der Waals surface area contributed by atoms with Crippen molar-refractivity contribution in [1.82, 2.24) is 5.32 Å². The fourth-order valence-corrected chi connectivity index (χ4v) is 8.76. The highest BCUT2D eigenvalue weighted by Gasteiger charge is 2.48. The lowest BCUT2D eigenvalue weighted by Gasteiger charge is -2.46. The number of hydrogen-bond donors (Lipinski definition) is 4. The Morgan fingerprint density at radius 3 is 1.42 bits per heavy atom. The van der Waals surface area contributed by atoms with Gasteiger partial charge in [-0.2, -0.15) is 0 Å². The summed E-state index contributed by atoms with van der Waals surface area (Å²) in [6.45, 7) is 3.91. The molecule has 4 aromatic carbocycles. The van der Waals surface area contributed by atoms with Gasteiger partial charge in [0.15, 0.2) is 5.11 Å². The molecule has 8 atom stereocenters. The third-order valence-electron chi connectivity index (χ3n) is 12.2. The molecule has 1 saturated heterocycles. The SMILES string of the molecule is CCCCCCCCCCCCCC[C@H](O)[C@@H](O)[C@H](CC[C@H]1O[C@H](COCc2ccccc2)[C@H](OCc2ccccc2)[C@H](OCc2ccccc2)[C@H]1OCc1ccccc1)NC(N)=S. The molecule has 9 nitrogen and oxygen atoms in total. The molecule has 0 aliphatic carbocycles. The highest BCUT2D eigenvalue weighted by molar-refractivity contribution is 7.80. The minimum Gasteiger partial charge on any atom is -0.390 e. The van der Waals surface area contributed by atoms with Crippen LogP contribution in [-0.2, 0) is 50.1 Å². The number of rotatable bonds is 32. The molecule has 64 heavy (non-hydrogen) atoms. The maximum atomic E-state index is 11.6. The van der Waals surface area contributed by atoms with Crippen LogP contribution in [0.4, 0.5) is 0 Å².